The molecule has 0 fully saturated rings. The molecule has 0 saturated carbocycles. The second-order valence-electron chi connectivity index (χ2n) is 4.00. The van der Waals surface area contributed by atoms with E-state index in [-0.39, 0.29) is 0 Å². The van der Waals surface area contributed by atoms with Gasteiger partial charge in [0.2, 0.25) is 0 Å². The van der Waals surface area contributed by atoms with Gasteiger partial charge in [0.15, 0.2) is 0 Å². The monoisotopic (exact) mass is 188 g/mol. The van der Waals surface area contributed by atoms with Gasteiger partial charge >= 0.3 is 0 Å². The maximum absolute atomic E-state index is 3.89. The average Bonchev–Trinajstić information content (AvgIpc) is 2.26. The molecule has 0 amide bonds. The third-order valence-corrected chi connectivity index (χ3v) is 2.93. The van der Waals surface area contributed by atoms with Crippen LogP contribution < -0.4 is 0 Å². The molecular formula is C13H18N. The summed E-state index contributed by atoms with van der Waals surface area (Å²) in [5, 5.41) is 0. The fourth-order valence-corrected chi connectivity index (χ4v) is 2.08. The Hall–Kier alpha value is -0.820. The van der Waals surface area contributed by atoms with Gasteiger partial charge in [0.25, 0.3) is 0 Å². The molecular weight excluding hydrogens is 170 g/mol. The Morgan fingerprint density at radius 2 is 2.00 bits per heavy atom. The number of benzene rings is 1. The molecule has 1 radical (unpaired) electrons. The highest BCUT2D eigenvalue weighted by atomic mass is 15.1. The van der Waals surface area contributed by atoms with Gasteiger partial charge in [0.1, 0.15) is 0 Å². The SMILES string of the molecule is [CH2]CCCN1CCc2ccccc2C1. The Labute approximate surface area is 86.7 Å². The summed E-state index contributed by atoms with van der Waals surface area (Å²) in [5.74, 6) is 0. The number of hydrogen-bond acceptors (Lipinski definition) is 1. The first-order chi connectivity index (χ1) is 6.90. The van der Waals surface area contributed by atoms with E-state index in [0.29, 0.717) is 0 Å². The molecule has 1 aliphatic rings. The zero-order valence-electron chi connectivity index (χ0n) is 8.71. The van der Waals surface area contributed by atoms with Gasteiger partial charge in [-0.2, -0.15) is 0 Å². The highest BCUT2D eigenvalue weighted by molar-refractivity contribution is 5.28. The molecule has 0 saturated heterocycles. The molecule has 1 heterocycles. The normalized spacial score (nSPS) is 16.6. The molecule has 0 aliphatic carbocycles. The van der Waals surface area contributed by atoms with Gasteiger partial charge in [0, 0.05) is 13.1 Å². The first kappa shape index (κ1) is 9.72. The molecule has 75 valence electrons. The standard InChI is InChI=1S/C13H18N/c1-2-3-9-14-10-8-12-6-4-5-7-13(12)11-14/h4-7H,1-3,8-11H2. The van der Waals surface area contributed by atoms with Crippen molar-refractivity contribution in [3.05, 3.63) is 42.3 Å². The molecule has 0 unspecified atom stereocenters. The lowest BCUT2D eigenvalue weighted by Gasteiger charge is -2.28. The Kier molecular flexibility index (Phi) is 3.20. The minimum absolute atomic E-state index is 1.05. The zero-order chi connectivity index (χ0) is 9.80. The molecule has 0 N–H and O–H groups in total. The fraction of sp³-hybridized carbons (Fsp3) is 0.462. The van der Waals surface area contributed by atoms with Gasteiger partial charge in [0.05, 0.1) is 0 Å². The number of unbranched alkanes of at least 4 members (excludes halogenated alkanes) is 1. The lowest BCUT2D eigenvalue weighted by atomic mass is 10.00. The Morgan fingerprint density at radius 1 is 1.21 bits per heavy atom. The van der Waals surface area contributed by atoms with Crippen LogP contribution in [0.25, 0.3) is 0 Å². The zero-order valence-corrected chi connectivity index (χ0v) is 8.71. The van der Waals surface area contributed by atoms with Gasteiger partial charge in [-0.15, -0.1) is 0 Å². The van der Waals surface area contributed by atoms with Crippen LogP contribution in [0.2, 0.25) is 0 Å². The predicted molar refractivity (Wildman–Crippen MR) is 60.0 cm³/mol. The highest BCUT2D eigenvalue weighted by Gasteiger charge is 2.14. The number of fused-ring (bicyclic) bond motifs is 1. The molecule has 0 spiro atoms. The molecule has 2 rings (SSSR count). The van der Waals surface area contributed by atoms with Gasteiger partial charge in [-0.25, -0.2) is 0 Å². The van der Waals surface area contributed by atoms with E-state index in [1.54, 1.807) is 5.56 Å². The summed E-state index contributed by atoms with van der Waals surface area (Å²) in [6.07, 6.45) is 3.49. The van der Waals surface area contributed by atoms with E-state index in [1.807, 2.05) is 0 Å². The van der Waals surface area contributed by atoms with Crippen LogP contribution in [0.3, 0.4) is 0 Å². The summed E-state index contributed by atoms with van der Waals surface area (Å²) in [5.41, 5.74) is 3.06. The minimum atomic E-state index is 1.05. The van der Waals surface area contributed by atoms with Crippen molar-refractivity contribution in [2.75, 3.05) is 13.1 Å². The summed E-state index contributed by atoms with van der Waals surface area (Å²) in [7, 11) is 0. The van der Waals surface area contributed by atoms with Gasteiger partial charge in [-0.1, -0.05) is 37.6 Å². The smallest absolute Gasteiger partial charge is 0.0236 e. The van der Waals surface area contributed by atoms with Crippen LogP contribution in [0.5, 0.6) is 0 Å². The van der Waals surface area contributed by atoms with E-state index in [1.165, 1.54) is 31.5 Å². The molecule has 0 atom stereocenters. The second kappa shape index (κ2) is 4.61. The quantitative estimate of drug-likeness (QED) is 0.705. The molecule has 14 heavy (non-hydrogen) atoms. The van der Waals surface area contributed by atoms with E-state index in [9.17, 15) is 0 Å². The third kappa shape index (κ3) is 2.16. The molecule has 0 aromatic heterocycles. The first-order valence-corrected chi connectivity index (χ1v) is 5.48. The summed E-state index contributed by atoms with van der Waals surface area (Å²) in [6, 6.07) is 8.80. The Balaban J connectivity index is 1.99. The molecule has 1 nitrogen and oxygen atoms in total. The molecule has 1 aromatic rings. The Morgan fingerprint density at radius 3 is 2.79 bits per heavy atom. The van der Waals surface area contributed by atoms with Crippen LogP contribution in [0.15, 0.2) is 24.3 Å². The summed E-state index contributed by atoms with van der Waals surface area (Å²) < 4.78 is 0. The molecule has 0 bridgehead atoms. The van der Waals surface area contributed by atoms with Crippen LogP contribution in [0.1, 0.15) is 24.0 Å². The van der Waals surface area contributed by atoms with E-state index in [0.717, 1.165) is 13.0 Å². The molecule has 1 aromatic carbocycles. The van der Waals surface area contributed by atoms with Crippen molar-refractivity contribution in [1.29, 1.82) is 0 Å². The van der Waals surface area contributed by atoms with Crippen molar-refractivity contribution in [2.24, 2.45) is 0 Å². The lowest BCUT2D eigenvalue weighted by molar-refractivity contribution is 0.251. The number of rotatable bonds is 3. The fourth-order valence-electron chi connectivity index (χ4n) is 2.08. The second-order valence-corrected chi connectivity index (χ2v) is 4.00. The van der Waals surface area contributed by atoms with E-state index >= 15 is 0 Å². The van der Waals surface area contributed by atoms with Crippen molar-refractivity contribution in [1.82, 2.24) is 4.90 Å². The first-order valence-electron chi connectivity index (χ1n) is 5.48. The van der Waals surface area contributed by atoms with Crippen LogP contribution in [-0.4, -0.2) is 18.0 Å². The van der Waals surface area contributed by atoms with Gasteiger partial charge in [-0.05, 0) is 30.5 Å². The van der Waals surface area contributed by atoms with E-state index < -0.39 is 0 Å². The summed E-state index contributed by atoms with van der Waals surface area (Å²) in [4.78, 5) is 2.54. The average molecular weight is 188 g/mol. The molecule has 1 heteroatoms. The topological polar surface area (TPSA) is 3.24 Å². The minimum Gasteiger partial charge on any atom is -0.299 e. The lowest BCUT2D eigenvalue weighted by Crippen LogP contribution is -2.31. The summed E-state index contributed by atoms with van der Waals surface area (Å²) in [6.45, 7) is 7.45. The van der Waals surface area contributed by atoms with Crippen LogP contribution in [0.4, 0.5) is 0 Å². The van der Waals surface area contributed by atoms with Crippen molar-refractivity contribution in [3.63, 3.8) is 0 Å². The van der Waals surface area contributed by atoms with Crippen molar-refractivity contribution < 1.29 is 0 Å². The van der Waals surface area contributed by atoms with Crippen molar-refractivity contribution in [3.8, 4) is 0 Å². The van der Waals surface area contributed by atoms with Crippen molar-refractivity contribution in [2.45, 2.75) is 25.8 Å². The van der Waals surface area contributed by atoms with E-state index in [2.05, 4.69) is 36.1 Å². The third-order valence-electron chi connectivity index (χ3n) is 2.93. The summed E-state index contributed by atoms with van der Waals surface area (Å²) >= 11 is 0. The molecule has 1 aliphatic heterocycles. The maximum atomic E-state index is 3.89. The Bertz CT molecular complexity index is 293. The van der Waals surface area contributed by atoms with Gasteiger partial charge in [-0.3, -0.25) is 4.90 Å². The van der Waals surface area contributed by atoms with Crippen LogP contribution in [0, 0.1) is 6.92 Å². The maximum Gasteiger partial charge on any atom is 0.0236 e. The highest BCUT2D eigenvalue weighted by Crippen LogP contribution is 2.18. The van der Waals surface area contributed by atoms with Crippen molar-refractivity contribution >= 4 is 0 Å². The van der Waals surface area contributed by atoms with Crippen LogP contribution >= 0.6 is 0 Å². The number of nitrogens with zero attached hydrogens (tertiary/aromatic N) is 1. The van der Waals surface area contributed by atoms with Gasteiger partial charge < -0.3 is 0 Å². The van der Waals surface area contributed by atoms with Crippen LogP contribution in [-0.2, 0) is 13.0 Å². The van der Waals surface area contributed by atoms with E-state index in [4.69, 9.17) is 0 Å². The predicted octanol–water partition coefficient (Wildman–Crippen LogP) is 2.66. The number of hydrogen-bond donors (Lipinski definition) is 0. The largest absolute Gasteiger partial charge is 0.299 e.